The van der Waals surface area contributed by atoms with E-state index in [1.807, 2.05) is 41.8 Å². The van der Waals surface area contributed by atoms with Gasteiger partial charge in [-0.3, -0.25) is 0 Å². The molecule has 0 aliphatic heterocycles. The lowest BCUT2D eigenvalue weighted by Crippen LogP contribution is -2.01. The monoisotopic (exact) mass is 341 g/mol. The quantitative estimate of drug-likeness (QED) is 0.384. The van der Waals surface area contributed by atoms with Crippen molar-refractivity contribution in [2.75, 3.05) is 6.61 Å². The van der Waals surface area contributed by atoms with Crippen LogP contribution in [0.5, 0.6) is 0 Å². The van der Waals surface area contributed by atoms with Crippen molar-refractivity contribution in [3.05, 3.63) is 47.0 Å². The molecule has 3 aromatic rings. The van der Waals surface area contributed by atoms with Crippen molar-refractivity contribution in [3.63, 3.8) is 0 Å². The highest BCUT2D eigenvalue weighted by Crippen LogP contribution is 2.25. The number of aromatic nitrogens is 3. The zero-order chi connectivity index (χ0) is 16.9. The van der Waals surface area contributed by atoms with Gasteiger partial charge < -0.3 is 4.74 Å². The van der Waals surface area contributed by atoms with Gasteiger partial charge in [-0.15, -0.1) is 5.10 Å². The average molecular weight is 341 g/mol. The van der Waals surface area contributed by atoms with Crippen LogP contribution in [-0.2, 0) is 9.53 Å². The molecule has 0 unspecified atom stereocenters. The van der Waals surface area contributed by atoms with Crippen molar-refractivity contribution in [1.82, 2.24) is 14.6 Å². The van der Waals surface area contributed by atoms with Crippen molar-refractivity contribution in [2.24, 2.45) is 0 Å². The number of unbranched alkanes of at least 4 members (excludes halogenated alkanes) is 1. The largest absolute Gasteiger partial charge is 0.463 e. The van der Waals surface area contributed by atoms with E-state index in [4.69, 9.17) is 4.74 Å². The maximum atomic E-state index is 11.7. The first kappa shape index (κ1) is 16.4. The van der Waals surface area contributed by atoms with Crippen LogP contribution in [0.1, 0.15) is 30.3 Å². The number of hydrogen-bond donors (Lipinski definition) is 0. The summed E-state index contributed by atoms with van der Waals surface area (Å²) < 4.78 is 6.93. The molecule has 0 radical (unpaired) electrons. The number of aryl methyl sites for hydroxylation is 1. The first-order chi connectivity index (χ1) is 11.7. The Bertz CT molecular complexity index is 865. The molecule has 6 heteroatoms. The van der Waals surface area contributed by atoms with E-state index < -0.39 is 0 Å². The molecule has 0 saturated heterocycles. The maximum absolute atomic E-state index is 11.7. The van der Waals surface area contributed by atoms with Crippen LogP contribution < -0.4 is 0 Å². The number of thiazole rings is 1. The molecule has 0 atom stereocenters. The molecule has 0 aliphatic rings. The van der Waals surface area contributed by atoms with Crippen LogP contribution >= 0.6 is 11.3 Å². The van der Waals surface area contributed by atoms with Crippen LogP contribution in [0.4, 0.5) is 0 Å². The van der Waals surface area contributed by atoms with E-state index in [1.54, 1.807) is 6.08 Å². The summed E-state index contributed by atoms with van der Waals surface area (Å²) in [6, 6.07) is 9.88. The molecule has 5 nitrogen and oxygen atoms in total. The Labute approximate surface area is 144 Å². The molecule has 0 amide bonds. The number of nitrogens with zero attached hydrogens (tertiary/aromatic N) is 3. The average Bonchev–Trinajstić information content (AvgIpc) is 3.14. The molecular weight excluding hydrogens is 322 g/mol. The van der Waals surface area contributed by atoms with E-state index in [1.165, 1.54) is 17.4 Å². The molecule has 2 heterocycles. The van der Waals surface area contributed by atoms with Crippen LogP contribution in [-0.4, -0.2) is 27.2 Å². The first-order valence-electron chi connectivity index (χ1n) is 7.95. The summed E-state index contributed by atoms with van der Waals surface area (Å²) in [4.78, 5) is 18.0. The summed E-state index contributed by atoms with van der Waals surface area (Å²) in [5.41, 5.74) is 1.95. The zero-order valence-corrected chi connectivity index (χ0v) is 14.5. The van der Waals surface area contributed by atoms with E-state index >= 15 is 0 Å². The van der Waals surface area contributed by atoms with Gasteiger partial charge in [0, 0.05) is 11.6 Å². The number of hydrogen-bond acceptors (Lipinski definition) is 5. The van der Waals surface area contributed by atoms with Crippen molar-refractivity contribution in [2.45, 2.75) is 26.7 Å². The Kier molecular flexibility index (Phi) is 5.05. The Hall–Kier alpha value is -2.47. The maximum Gasteiger partial charge on any atom is 0.330 e. The third kappa shape index (κ3) is 3.54. The third-order valence-corrected chi connectivity index (χ3v) is 4.70. The molecular formula is C18H19N3O2S. The van der Waals surface area contributed by atoms with Crippen molar-refractivity contribution >= 4 is 28.3 Å². The number of benzene rings is 1. The number of esters is 1. The SMILES string of the molecule is CCCCOC(=O)/C=C/c1sc2nc(-c3ccccc3)nn2c1C. The molecule has 0 fully saturated rings. The molecule has 2 aromatic heterocycles. The summed E-state index contributed by atoms with van der Waals surface area (Å²) in [6.45, 7) is 4.49. The van der Waals surface area contributed by atoms with Gasteiger partial charge in [0.25, 0.3) is 0 Å². The second kappa shape index (κ2) is 7.40. The van der Waals surface area contributed by atoms with E-state index in [-0.39, 0.29) is 5.97 Å². The van der Waals surface area contributed by atoms with Gasteiger partial charge in [0.05, 0.1) is 17.2 Å². The molecule has 0 N–H and O–H groups in total. The van der Waals surface area contributed by atoms with E-state index in [0.717, 1.165) is 33.9 Å². The highest BCUT2D eigenvalue weighted by atomic mass is 32.1. The van der Waals surface area contributed by atoms with Gasteiger partial charge >= 0.3 is 5.97 Å². The van der Waals surface area contributed by atoms with Gasteiger partial charge in [0.15, 0.2) is 5.82 Å². The van der Waals surface area contributed by atoms with Crippen LogP contribution in [0.2, 0.25) is 0 Å². The predicted molar refractivity (Wildman–Crippen MR) is 95.9 cm³/mol. The number of fused-ring (bicyclic) bond motifs is 1. The first-order valence-corrected chi connectivity index (χ1v) is 8.77. The molecule has 0 spiro atoms. The summed E-state index contributed by atoms with van der Waals surface area (Å²) >= 11 is 1.50. The number of ether oxygens (including phenoxy) is 1. The minimum Gasteiger partial charge on any atom is -0.463 e. The fraction of sp³-hybridized carbons (Fsp3) is 0.278. The second-order valence-corrected chi connectivity index (χ2v) is 6.41. The van der Waals surface area contributed by atoms with Gasteiger partial charge in [-0.05, 0) is 19.4 Å². The number of carbonyl (C=O) groups excluding carboxylic acids is 1. The van der Waals surface area contributed by atoms with Crippen LogP contribution in [0.15, 0.2) is 36.4 Å². The van der Waals surface area contributed by atoms with E-state index in [0.29, 0.717) is 12.4 Å². The highest BCUT2D eigenvalue weighted by Gasteiger charge is 2.13. The summed E-state index contributed by atoms with van der Waals surface area (Å²) in [5, 5.41) is 4.56. The van der Waals surface area contributed by atoms with Crippen LogP contribution in [0.3, 0.4) is 0 Å². The molecule has 0 aliphatic carbocycles. The van der Waals surface area contributed by atoms with Gasteiger partial charge in [0.1, 0.15) is 0 Å². The topological polar surface area (TPSA) is 56.5 Å². The van der Waals surface area contributed by atoms with Gasteiger partial charge in [-0.2, -0.15) is 4.98 Å². The van der Waals surface area contributed by atoms with E-state index in [2.05, 4.69) is 17.0 Å². The molecule has 3 rings (SSSR count). The van der Waals surface area contributed by atoms with Crippen molar-refractivity contribution in [3.8, 4) is 11.4 Å². The predicted octanol–water partition coefficient (Wildman–Crippen LogP) is 4.12. The lowest BCUT2D eigenvalue weighted by atomic mass is 10.2. The Morgan fingerprint density at radius 1 is 1.33 bits per heavy atom. The standard InChI is InChI=1S/C18H19N3O2S/c1-3-4-12-23-16(22)11-10-15-13(2)21-18(24-15)19-17(20-21)14-8-6-5-7-9-14/h5-11H,3-4,12H2,1-2H3/b11-10+. The molecule has 0 saturated carbocycles. The van der Waals surface area contributed by atoms with Crippen molar-refractivity contribution in [1.29, 1.82) is 0 Å². The summed E-state index contributed by atoms with van der Waals surface area (Å²) in [7, 11) is 0. The highest BCUT2D eigenvalue weighted by molar-refractivity contribution is 7.18. The molecule has 0 bridgehead atoms. The van der Waals surface area contributed by atoms with Crippen LogP contribution in [0, 0.1) is 6.92 Å². The lowest BCUT2D eigenvalue weighted by molar-refractivity contribution is -0.137. The molecule has 1 aromatic carbocycles. The van der Waals surface area contributed by atoms with Gasteiger partial charge in [-0.25, -0.2) is 9.31 Å². The van der Waals surface area contributed by atoms with E-state index in [9.17, 15) is 4.79 Å². The smallest absolute Gasteiger partial charge is 0.330 e. The molecule has 124 valence electrons. The fourth-order valence-electron chi connectivity index (χ4n) is 2.23. The lowest BCUT2D eigenvalue weighted by Gasteiger charge is -1.98. The number of carbonyl (C=O) groups is 1. The summed E-state index contributed by atoms with van der Waals surface area (Å²) in [6.07, 6.45) is 5.13. The normalized spacial score (nSPS) is 11.4. The Morgan fingerprint density at radius 2 is 2.12 bits per heavy atom. The van der Waals surface area contributed by atoms with Gasteiger partial charge in [-0.1, -0.05) is 55.0 Å². The Balaban J connectivity index is 1.78. The summed E-state index contributed by atoms with van der Waals surface area (Å²) in [5.74, 6) is 0.395. The van der Waals surface area contributed by atoms with Crippen LogP contribution in [0.25, 0.3) is 22.4 Å². The minimum absolute atomic E-state index is 0.313. The minimum atomic E-state index is -0.313. The van der Waals surface area contributed by atoms with Crippen molar-refractivity contribution < 1.29 is 9.53 Å². The van der Waals surface area contributed by atoms with Gasteiger partial charge in [0.2, 0.25) is 4.96 Å². The zero-order valence-electron chi connectivity index (χ0n) is 13.7. The number of rotatable bonds is 6. The second-order valence-electron chi connectivity index (χ2n) is 5.40. The Morgan fingerprint density at radius 3 is 2.83 bits per heavy atom. The fourth-order valence-corrected chi connectivity index (χ4v) is 3.20. The third-order valence-electron chi connectivity index (χ3n) is 3.60. The molecule has 24 heavy (non-hydrogen) atoms.